The molecular weight excluding hydrogens is 240 g/mol. The molecule has 96 valence electrons. The van der Waals surface area contributed by atoms with E-state index < -0.39 is 0 Å². The molecular formula is C14H14N4O. The lowest BCUT2D eigenvalue weighted by atomic mass is 10.1. The Kier molecular flexibility index (Phi) is 3.53. The number of nitriles is 1. The minimum atomic E-state index is 0.456. The first kappa shape index (κ1) is 12.7. The quantitative estimate of drug-likeness (QED) is 0.848. The summed E-state index contributed by atoms with van der Waals surface area (Å²) in [5.41, 5.74) is 7.92. The molecule has 0 saturated carbocycles. The number of nitrogens with zero attached hydrogens (tertiary/aromatic N) is 3. The normalized spacial score (nSPS) is 9.89. The molecule has 5 nitrogen and oxygen atoms in total. The second-order valence-corrected chi connectivity index (χ2v) is 3.95. The first-order chi connectivity index (χ1) is 9.21. The highest BCUT2D eigenvalue weighted by Crippen LogP contribution is 2.28. The number of methoxy groups -OCH3 is 1. The predicted octanol–water partition coefficient (Wildman–Crippen LogP) is 2.20. The third kappa shape index (κ3) is 2.29. The molecule has 0 amide bonds. The van der Waals surface area contributed by atoms with Crippen LogP contribution in [0.4, 0.5) is 5.82 Å². The van der Waals surface area contributed by atoms with Crippen molar-refractivity contribution >= 4 is 5.82 Å². The monoisotopic (exact) mass is 254 g/mol. The molecule has 0 bridgehead atoms. The maximum atomic E-state index is 9.08. The lowest BCUT2D eigenvalue weighted by Gasteiger charge is -2.06. The topological polar surface area (TPSA) is 76.9 Å². The van der Waals surface area contributed by atoms with Gasteiger partial charge in [0.05, 0.1) is 19.0 Å². The van der Waals surface area contributed by atoms with Crippen LogP contribution in [0.3, 0.4) is 0 Å². The van der Waals surface area contributed by atoms with E-state index in [-0.39, 0.29) is 0 Å². The van der Waals surface area contributed by atoms with Gasteiger partial charge in [-0.1, -0.05) is 6.08 Å². The van der Waals surface area contributed by atoms with Crippen molar-refractivity contribution in [2.75, 3.05) is 12.8 Å². The van der Waals surface area contributed by atoms with E-state index in [0.29, 0.717) is 29.4 Å². The van der Waals surface area contributed by atoms with Gasteiger partial charge in [0.15, 0.2) is 0 Å². The SMILES string of the molecule is C=CCn1cnc(-c2ccc(OC)c(C#N)c2)c1N. The van der Waals surface area contributed by atoms with E-state index in [1.54, 1.807) is 29.1 Å². The number of benzene rings is 1. The summed E-state index contributed by atoms with van der Waals surface area (Å²) in [5.74, 6) is 1.09. The summed E-state index contributed by atoms with van der Waals surface area (Å²) >= 11 is 0. The van der Waals surface area contributed by atoms with Gasteiger partial charge in [-0.25, -0.2) is 4.98 Å². The standard InChI is InChI=1S/C14H14N4O/c1-3-6-18-9-17-13(14(18)16)10-4-5-12(19-2)11(7-10)8-15/h3-5,7,9H,1,6,16H2,2H3. The Hall–Kier alpha value is -2.74. The molecule has 0 unspecified atom stereocenters. The van der Waals surface area contributed by atoms with Crippen LogP contribution in [0.15, 0.2) is 37.2 Å². The fourth-order valence-corrected chi connectivity index (χ4v) is 1.84. The largest absolute Gasteiger partial charge is 0.495 e. The van der Waals surface area contributed by atoms with E-state index in [1.165, 1.54) is 7.11 Å². The number of hydrogen-bond acceptors (Lipinski definition) is 4. The van der Waals surface area contributed by atoms with Gasteiger partial charge in [-0.2, -0.15) is 5.26 Å². The number of aromatic nitrogens is 2. The zero-order chi connectivity index (χ0) is 13.8. The van der Waals surface area contributed by atoms with Crippen LogP contribution in [0, 0.1) is 11.3 Å². The Morgan fingerprint density at radius 1 is 1.58 bits per heavy atom. The summed E-state index contributed by atoms with van der Waals surface area (Å²) in [5, 5.41) is 9.08. The first-order valence-electron chi connectivity index (χ1n) is 5.71. The molecule has 2 N–H and O–H groups in total. The summed E-state index contributed by atoms with van der Waals surface area (Å²) in [6.07, 6.45) is 3.40. The van der Waals surface area contributed by atoms with Crippen LogP contribution < -0.4 is 10.5 Å². The van der Waals surface area contributed by atoms with Crippen molar-refractivity contribution in [3.8, 4) is 23.1 Å². The number of anilines is 1. The summed E-state index contributed by atoms with van der Waals surface area (Å²) < 4.78 is 6.90. The van der Waals surface area contributed by atoms with Gasteiger partial charge in [0.1, 0.15) is 23.3 Å². The fraction of sp³-hybridized carbons (Fsp3) is 0.143. The van der Waals surface area contributed by atoms with E-state index in [1.807, 2.05) is 6.07 Å². The average Bonchev–Trinajstić information content (AvgIpc) is 2.80. The molecule has 1 heterocycles. The molecule has 0 aliphatic carbocycles. The van der Waals surface area contributed by atoms with Crippen molar-refractivity contribution in [2.45, 2.75) is 6.54 Å². The molecule has 1 aromatic heterocycles. The molecule has 0 radical (unpaired) electrons. The summed E-state index contributed by atoms with van der Waals surface area (Å²) in [6.45, 7) is 4.26. The highest BCUT2D eigenvalue weighted by molar-refractivity contribution is 5.72. The maximum Gasteiger partial charge on any atom is 0.136 e. The third-order valence-corrected chi connectivity index (χ3v) is 2.80. The van der Waals surface area contributed by atoms with Crippen LogP contribution in [0.1, 0.15) is 5.56 Å². The minimum absolute atomic E-state index is 0.456. The van der Waals surface area contributed by atoms with Crippen LogP contribution in [0.2, 0.25) is 0 Å². The van der Waals surface area contributed by atoms with Crippen molar-refractivity contribution in [1.29, 1.82) is 5.26 Å². The van der Waals surface area contributed by atoms with Crippen molar-refractivity contribution in [3.05, 3.63) is 42.7 Å². The number of allylic oxidation sites excluding steroid dienone is 1. The van der Waals surface area contributed by atoms with Crippen molar-refractivity contribution < 1.29 is 4.74 Å². The molecule has 2 aromatic rings. The highest BCUT2D eigenvalue weighted by Gasteiger charge is 2.11. The van der Waals surface area contributed by atoms with Crippen LogP contribution in [0.25, 0.3) is 11.3 Å². The molecule has 5 heteroatoms. The number of ether oxygens (including phenoxy) is 1. The van der Waals surface area contributed by atoms with Crippen LogP contribution in [0.5, 0.6) is 5.75 Å². The van der Waals surface area contributed by atoms with Crippen LogP contribution in [-0.2, 0) is 6.54 Å². The van der Waals surface area contributed by atoms with Crippen molar-refractivity contribution in [3.63, 3.8) is 0 Å². The van der Waals surface area contributed by atoms with E-state index in [0.717, 1.165) is 5.56 Å². The van der Waals surface area contributed by atoms with Gasteiger partial charge in [0, 0.05) is 12.1 Å². The molecule has 1 aromatic carbocycles. The van der Waals surface area contributed by atoms with Gasteiger partial charge in [0.25, 0.3) is 0 Å². The minimum Gasteiger partial charge on any atom is -0.495 e. The lowest BCUT2D eigenvalue weighted by molar-refractivity contribution is 0.413. The summed E-state index contributed by atoms with van der Waals surface area (Å²) in [6, 6.07) is 7.38. The Morgan fingerprint density at radius 3 is 3.00 bits per heavy atom. The number of nitrogen functional groups attached to an aromatic ring is 1. The van der Waals surface area contributed by atoms with E-state index in [4.69, 9.17) is 15.7 Å². The van der Waals surface area contributed by atoms with Gasteiger partial charge < -0.3 is 15.0 Å². The van der Waals surface area contributed by atoms with Crippen molar-refractivity contribution in [1.82, 2.24) is 9.55 Å². The smallest absolute Gasteiger partial charge is 0.136 e. The molecule has 0 fully saturated rings. The molecule has 0 atom stereocenters. The Balaban J connectivity index is 2.48. The van der Waals surface area contributed by atoms with Gasteiger partial charge in [-0.15, -0.1) is 6.58 Å². The summed E-state index contributed by atoms with van der Waals surface area (Å²) in [4.78, 5) is 4.28. The maximum absolute atomic E-state index is 9.08. The Labute approximate surface area is 111 Å². The van der Waals surface area contributed by atoms with Gasteiger partial charge in [-0.3, -0.25) is 0 Å². The van der Waals surface area contributed by atoms with E-state index >= 15 is 0 Å². The highest BCUT2D eigenvalue weighted by atomic mass is 16.5. The molecule has 0 saturated heterocycles. The fourth-order valence-electron chi connectivity index (χ4n) is 1.84. The van der Waals surface area contributed by atoms with Gasteiger partial charge in [-0.05, 0) is 18.2 Å². The zero-order valence-electron chi connectivity index (χ0n) is 10.6. The molecule has 19 heavy (non-hydrogen) atoms. The zero-order valence-corrected chi connectivity index (χ0v) is 10.6. The molecule has 2 rings (SSSR count). The van der Waals surface area contributed by atoms with Gasteiger partial charge >= 0.3 is 0 Å². The second kappa shape index (κ2) is 5.27. The first-order valence-corrected chi connectivity index (χ1v) is 5.71. The van der Waals surface area contributed by atoms with Gasteiger partial charge in [0.2, 0.25) is 0 Å². The third-order valence-electron chi connectivity index (χ3n) is 2.80. The number of rotatable bonds is 4. The Morgan fingerprint density at radius 2 is 2.37 bits per heavy atom. The van der Waals surface area contributed by atoms with Crippen LogP contribution in [-0.4, -0.2) is 16.7 Å². The number of imidazole rings is 1. The average molecular weight is 254 g/mol. The molecule has 0 aliphatic rings. The second-order valence-electron chi connectivity index (χ2n) is 3.95. The number of nitrogens with two attached hydrogens (primary N) is 1. The molecule has 0 aliphatic heterocycles. The van der Waals surface area contributed by atoms with Crippen molar-refractivity contribution in [2.24, 2.45) is 0 Å². The van der Waals surface area contributed by atoms with E-state index in [9.17, 15) is 0 Å². The molecule has 0 spiro atoms. The number of hydrogen-bond donors (Lipinski definition) is 1. The summed E-state index contributed by atoms with van der Waals surface area (Å²) in [7, 11) is 1.53. The lowest BCUT2D eigenvalue weighted by Crippen LogP contribution is -2.00. The van der Waals surface area contributed by atoms with E-state index in [2.05, 4.69) is 17.6 Å². The Bertz CT molecular complexity index is 652. The van der Waals surface area contributed by atoms with Crippen LogP contribution >= 0.6 is 0 Å². The predicted molar refractivity (Wildman–Crippen MR) is 73.5 cm³/mol.